The van der Waals surface area contributed by atoms with Gasteiger partial charge in [0.15, 0.2) is 0 Å². The molecule has 1 saturated carbocycles. The maximum Gasteiger partial charge on any atom is 0.325 e. The predicted molar refractivity (Wildman–Crippen MR) is 120 cm³/mol. The van der Waals surface area contributed by atoms with E-state index >= 15 is 0 Å². The fraction of sp³-hybridized carbons (Fsp3) is 0.609. The summed E-state index contributed by atoms with van der Waals surface area (Å²) in [5.41, 5.74) is 1.19. The highest BCUT2D eigenvalue weighted by molar-refractivity contribution is 6.07. The van der Waals surface area contributed by atoms with E-state index in [2.05, 4.69) is 26.9 Å². The number of nitrogens with zero attached hydrogens (tertiary/aromatic N) is 2. The molecule has 5 amide bonds. The van der Waals surface area contributed by atoms with E-state index in [-0.39, 0.29) is 18.0 Å². The number of anilines is 2. The highest BCUT2D eigenvalue weighted by atomic mass is 16.2. The summed E-state index contributed by atoms with van der Waals surface area (Å²) >= 11 is 0. The van der Waals surface area contributed by atoms with E-state index in [0.29, 0.717) is 19.5 Å². The van der Waals surface area contributed by atoms with Gasteiger partial charge in [0.25, 0.3) is 5.91 Å². The zero-order valence-corrected chi connectivity index (χ0v) is 18.1. The minimum atomic E-state index is -0.668. The SMILES string of the molecule is O=C(NCCCN1C(=O)NC2(CCCC2)C1=O)Nc1ccccc1N1CCCCCC1. The van der Waals surface area contributed by atoms with Crippen LogP contribution in [0.3, 0.4) is 0 Å². The van der Waals surface area contributed by atoms with E-state index in [0.717, 1.165) is 50.1 Å². The summed E-state index contributed by atoms with van der Waals surface area (Å²) in [4.78, 5) is 41.0. The van der Waals surface area contributed by atoms with Gasteiger partial charge in [0, 0.05) is 26.2 Å². The van der Waals surface area contributed by atoms with Gasteiger partial charge in [-0.15, -0.1) is 0 Å². The van der Waals surface area contributed by atoms with Crippen molar-refractivity contribution in [2.45, 2.75) is 63.3 Å². The fourth-order valence-corrected chi connectivity index (χ4v) is 4.97. The predicted octanol–water partition coefficient (Wildman–Crippen LogP) is 3.44. The van der Waals surface area contributed by atoms with E-state index in [4.69, 9.17) is 0 Å². The number of urea groups is 2. The lowest BCUT2D eigenvalue weighted by molar-refractivity contribution is -0.131. The van der Waals surface area contributed by atoms with Crippen molar-refractivity contribution in [1.82, 2.24) is 15.5 Å². The van der Waals surface area contributed by atoms with Crippen molar-refractivity contribution in [3.05, 3.63) is 24.3 Å². The molecule has 8 nitrogen and oxygen atoms in total. The summed E-state index contributed by atoms with van der Waals surface area (Å²) in [6.45, 7) is 2.72. The molecule has 3 fully saturated rings. The molecule has 0 radical (unpaired) electrons. The van der Waals surface area contributed by atoms with Crippen LogP contribution in [-0.4, -0.2) is 54.6 Å². The summed E-state index contributed by atoms with van der Waals surface area (Å²) in [6.07, 6.45) is 8.78. The molecular formula is C23H33N5O3. The Hall–Kier alpha value is -2.77. The number of hydrogen-bond donors (Lipinski definition) is 3. The third-order valence-electron chi connectivity index (χ3n) is 6.65. The molecule has 0 unspecified atom stereocenters. The molecule has 1 aliphatic carbocycles. The zero-order valence-electron chi connectivity index (χ0n) is 18.1. The van der Waals surface area contributed by atoms with E-state index in [9.17, 15) is 14.4 Å². The Balaban J connectivity index is 1.25. The van der Waals surface area contributed by atoms with Crippen LogP contribution in [-0.2, 0) is 4.79 Å². The van der Waals surface area contributed by atoms with Gasteiger partial charge in [-0.3, -0.25) is 9.69 Å². The lowest BCUT2D eigenvalue weighted by atomic mass is 9.98. The number of carbonyl (C=O) groups is 3. The second kappa shape index (κ2) is 9.58. The molecule has 3 aliphatic rings. The summed E-state index contributed by atoms with van der Waals surface area (Å²) in [7, 11) is 0. The number of carbonyl (C=O) groups excluding carboxylic acids is 3. The molecule has 1 aromatic rings. The topological polar surface area (TPSA) is 93.8 Å². The number of hydrogen-bond acceptors (Lipinski definition) is 4. The molecule has 4 rings (SSSR count). The van der Waals surface area contributed by atoms with Gasteiger partial charge in [-0.25, -0.2) is 9.59 Å². The summed E-state index contributed by atoms with van der Waals surface area (Å²) < 4.78 is 0. The van der Waals surface area contributed by atoms with Gasteiger partial charge >= 0.3 is 12.1 Å². The lowest BCUT2D eigenvalue weighted by Gasteiger charge is -2.25. The van der Waals surface area contributed by atoms with Gasteiger partial charge < -0.3 is 20.9 Å². The van der Waals surface area contributed by atoms with E-state index in [1.54, 1.807) is 0 Å². The van der Waals surface area contributed by atoms with Gasteiger partial charge in [0.05, 0.1) is 11.4 Å². The van der Waals surface area contributed by atoms with Gasteiger partial charge in [0.2, 0.25) is 0 Å². The van der Waals surface area contributed by atoms with Crippen molar-refractivity contribution in [1.29, 1.82) is 0 Å². The molecule has 1 spiro atoms. The highest BCUT2D eigenvalue weighted by Gasteiger charge is 2.51. The van der Waals surface area contributed by atoms with Crippen molar-refractivity contribution in [3.63, 3.8) is 0 Å². The van der Waals surface area contributed by atoms with Crippen LogP contribution in [0.25, 0.3) is 0 Å². The molecule has 31 heavy (non-hydrogen) atoms. The maximum atomic E-state index is 12.7. The largest absolute Gasteiger partial charge is 0.370 e. The lowest BCUT2D eigenvalue weighted by Crippen LogP contribution is -2.44. The molecule has 0 atom stereocenters. The van der Waals surface area contributed by atoms with Crippen molar-refractivity contribution in [3.8, 4) is 0 Å². The highest BCUT2D eigenvalue weighted by Crippen LogP contribution is 2.35. The van der Waals surface area contributed by atoms with Crippen LogP contribution in [0.2, 0.25) is 0 Å². The number of benzene rings is 1. The Morgan fingerprint density at radius 3 is 2.45 bits per heavy atom. The van der Waals surface area contributed by atoms with E-state index in [1.807, 2.05) is 18.2 Å². The molecule has 8 heteroatoms. The van der Waals surface area contributed by atoms with Crippen molar-refractivity contribution in [2.24, 2.45) is 0 Å². The van der Waals surface area contributed by atoms with Crippen LogP contribution in [0.4, 0.5) is 21.0 Å². The van der Waals surface area contributed by atoms with Crippen LogP contribution < -0.4 is 20.9 Å². The number of imide groups is 1. The molecule has 3 N–H and O–H groups in total. The third kappa shape index (κ3) is 4.78. The smallest absolute Gasteiger partial charge is 0.325 e. The molecule has 0 bridgehead atoms. The molecule has 168 valence electrons. The van der Waals surface area contributed by atoms with E-state index < -0.39 is 5.54 Å². The number of nitrogens with one attached hydrogen (secondary N) is 3. The standard InChI is InChI=1S/C23H33N5O3/c29-20-23(12-5-6-13-23)26-22(31)28(20)17-9-14-24-21(30)25-18-10-3-4-11-19(18)27-15-7-1-2-8-16-27/h3-4,10-11H,1-2,5-9,12-17H2,(H,26,31)(H2,24,25,30). The number of amides is 5. The van der Waals surface area contributed by atoms with Crippen molar-refractivity contribution in [2.75, 3.05) is 36.4 Å². The Morgan fingerprint density at radius 2 is 1.71 bits per heavy atom. The first-order valence-corrected chi connectivity index (χ1v) is 11.6. The second-order valence-corrected chi connectivity index (χ2v) is 8.83. The summed E-state index contributed by atoms with van der Waals surface area (Å²) in [6, 6.07) is 7.33. The van der Waals surface area contributed by atoms with Crippen LogP contribution in [0.1, 0.15) is 57.8 Å². The molecule has 2 heterocycles. The van der Waals surface area contributed by atoms with Gasteiger partial charge in [-0.2, -0.15) is 0 Å². The minimum Gasteiger partial charge on any atom is -0.370 e. The summed E-state index contributed by atoms with van der Waals surface area (Å²) in [5.74, 6) is -0.106. The average Bonchev–Trinajstić information content (AvgIpc) is 3.19. The van der Waals surface area contributed by atoms with Crippen molar-refractivity contribution >= 4 is 29.3 Å². The van der Waals surface area contributed by atoms with Crippen LogP contribution in [0, 0.1) is 0 Å². The van der Waals surface area contributed by atoms with Crippen LogP contribution >= 0.6 is 0 Å². The zero-order chi connectivity index (χ0) is 21.7. The fourth-order valence-electron chi connectivity index (χ4n) is 4.97. The molecular weight excluding hydrogens is 394 g/mol. The molecule has 0 aromatic heterocycles. The molecule has 2 aliphatic heterocycles. The van der Waals surface area contributed by atoms with Gasteiger partial charge in [0.1, 0.15) is 5.54 Å². The second-order valence-electron chi connectivity index (χ2n) is 8.83. The number of para-hydroxylation sites is 2. The first-order valence-electron chi connectivity index (χ1n) is 11.6. The Kier molecular flexibility index (Phi) is 6.63. The quantitative estimate of drug-likeness (QED) is 0.479. The van der Waals surface area contributed by atoms with Crippen LogP contribution in [0.5, 0.6) is 0 Å². The Morgan fingerprint density at radius 1 is 1.00 bits per heavy atom. The Labute approximate surface area is 183 Å². The maximum absolute atomic E-state index is 12.7. The summed E-state index contributed by atoms with van der Waals surface area (Å²) in [5, 5.41) is 8.70. The normalized spacial score (nSPS) is 20.6. The van der Waals surface area contributed by atoms with Crippen LogP contribution in [0.15, 0.2) is 24.3 Å². The monoisotopic (exact) mass is 427 g/mol. The van der Waals surface area contributed by atoms with E-state index in [1.165, 1.54) is 30.6 Å². The first-order chi connectivity index (χ1) is 15.1. The number of rotatable bonds is 6. The molecule has 1 aromatic carbocycles. The van der Waals surface area contributed by atoms with Gasteiger partial charge in [-0.1, -0.05) is 37.8 Å². The Bertz CT molecular complexity index is 813. The molecule has 2 saturated heterocycles. The van der Waals surface area contributed by atoms with Gasteiger partial charge in [-0.05, 0) is 44.2 Å². The average molecular weight is 428 g/mol. The third-order valence-corrected chi connectivity index (χ3v) is 6.65. The minimum absolute atomic E-state index is 0.106. The van der Waals surface area contributed by atoms with Crippen molar-refractivity contribution < 1.29 is 14.4 Å². The first kappa shape index (κ1) is 21.5.